The summed E-state index contributed by atoms with van der Waals surface area (Å²) >= 11 is 0. The Morgan fingerprint density at radius 3 is 2.65 bits per heavy atom. The van der Waals surface area contributed by atoms with Gasteiger partial charge in [0.1, 0.15) is 6.61 Å². The van der Waals surface area contributed by atoms with Crippen molar-refractivity contribution >= 4 is 5.97 Å². The first-order chi connectivity index (χ1) is 9.65. The summed E-state index contributed by atoms with van der Waals surface area (Å²) in [6.45, 7) is 2.85. The third-order valence-corrected chi connectivity index (χ3v) is 4.02. The summed E-state index contributed by atoms with van der Waals surface area (Å²) < 4.78 is 5.30. The van der Waals surface area contributed by atoms with Gasteiger partial charge in [0.05, 0.1) is 12.5 Å². The lowest BCUT2D eigenvalue weighted by molar-refractivity contribution is -0.149. The number of aliphatic hydroxyl groups excluding tert-OH is 1. The molecule has 4 heteroatoms. The fourth-order valence-corrected chi connectivity index (χ4v) is 2.32. The van der Waals surface area contributed by atoms with Crippen LogP contribution in [0.2, 0.25) is 0 Å². The molecule has 1 aliphatic carbocycles. The van der Waals surface area contributed by atoms with Gasteiger partial charge in [-0.3, -0.25) is 4.79 Å². The predicted octanol–water partition coefficient (Wildman–Crippen LogP) is 1.87. The third kappa shape index (κ3) is 3.81. The van der Waals surface area contributed by atoms with Crippen molar-refractivity contribution in [2.75, 3.05) is 13.2 Å². The van der Waals surface area contributed by atoms with E-state index in [0.717, 1.165) is 24.8 Å². The smallest absolute Gasteiger partial charge is 0.310 e. The summed E-state index contributed by atoms with van der Waals surface area (Å²) in [6.07, 6.45) is 3.10. The number of hydrogen-bond acceptors (Lipinski definition) is 4. The molecule has 1 atom stereocenters. The van der Waals surface area contributed by atoms with Gasteiger partial charge in [-0.15, -0.1) is 0 Å². The van der Waals surface area contributed by atoms with Gasteiger partial charge in [-0.2, -0.15) is 0 Å². The van der Waals surface area contributed by atoms with E-state index in [1.807, 2.05) is 37.3 Å². The first-order valence-corrected chi connectivity index (χ1v) is 7.22. The molecule has 0 saturated heterocycles. The van der Waals surface area contributed by atoms with Crippen LogP contribution in [0.3, 0.4) is 0 Å². The van der Waals surface area contributed by atoms with E-state index in [0.29, 0.717) is 13.2 Å². The summed E-state index contributed by atoms with van der Waals surface area (Å²) in [5.41, 5.74) is 0.834. The fourth-order valence-electron chi connectivity index (χ4n) is 2.32. The maximum absolute atomic E-state index is 11.9. The quantitative estimate of drug-likeness (QED) is 0.747. The number of nitrogens with one attached hydrogen (secondary N) is 1. The van der Waals surface area contributed by atoms with Gasteiger partial charge in [0.15, 0.2) is 0 Å². The summed E-state index contributed by atoms with van der Waals surface area (Å²) in [5, 5.41) is 12.7. The highest BCUT2D eigenvalue weighted by Gasteiger charge is 2.36. The van der Waals surface area contributed by atoms with Crippen molar-refractivity contribution < 1.29 is 14.6 Å². The minimum atomic E-state index is -0.206. The Bertz CT molecular complexity index is 423. The molecule has 0 bridgehead atoms. The van der Waals surface area contributed by atoms with Gasteiger partial charge in [0.25, 0.3) is 0 Å². The summed E-state index contributed by atoms with van der Waals surface area (Å²) in [6, 6.07) is 9.66. The van der Waals surface area contributed by atoms with Crippen molar-refractivity contribution in [2.45, 2.75) is 38.3 Å². The fraction of sp³-hybridized carbons (Fsp3) is 0.562. The van der Waals surface area contributed by atoms with Crippen LogP contribution in [0.5, 0.6) is 0 Å². The number of carbonyl (C=O) groups is 1. The molecule has 1 unspecified atom stereocenters. The lowest BCUT2D eigenvalue weighted by Gasteiger charge is -2.41. The number of hydrogen-bond donors (Lipinski definition) is 2. The normalized spacial score (nSPS) is 18.1. The van der Waals surface area contributed by atoms with Crippen LogP contribution in [0.1, 0.15) is 31.7 Å². The number of benzene rings is 1. The van der Waals surface area contributed by atoms with E-state index in [1.54, 1.807) is 0 Å². The molecule has 4 nitrogen and oxygen atoms in total. The molecule has 0 heterocycles. The largest absolute Gasteiger partial charge is 0.461 e. The SMILES string of the molecule is CC(CNC1(CO)CCC1)C(=O)OCc1ccccc1. The summed E-state index contributed by atoms with van der Waals surface area (Å²) in [7, 11) is 0. The molecule has 20 heavy (non-hydrogen) atoms. The molecule has 0 spiro atoms. The Hall–Kier alpha value is -1.39. The van der Waals surface area contributed by atoms with E-state index < -0.39 is 0 Å². The highest BCUT2D eigenvalue weighted by atomic mass is 16.5. The van der Waals surface area contributed by atoms with Crippen molar-refractivity contribution in [3.63, 3.8) is 0 Å². The van der Waals surface area contributed by atoms with Crippen LogP contribution in [0.25, 0.3) is 0 Å². The molecular formula is C16H23NO3. The van der Waals surface area contributed by atoms with Crippen LogP contribution < -0.4 is 5.32 Å². The average Bonchev–Trinajstić information content (AvgIpc) is 2.45. The van der Waals surface area contributed by atoms with Crippen LogP contribution in [0.4, 0.5) is 0 Å². The number of ether oxygens (including phenoxy) is 1. The monoisotopic (exact) mass is 277 g/mol. The Morgan fingerprint density at radius 1 is 1.40 bits per heavy atom. The Morgan fingerprint density at radius 2 is 2.10 bits per heavy atom. The highest BCUT2D eigenvalue weighted by molar-refractivity contribution is 5.72. The molecule has 0 radical (unpaired) electrons. The van der Waals surface area contributed by atoms with E-state index in [4.69, 9.17) is 4.74 Å². The zero-order chi connectivity index (χ0) is 14.4. The maximum atomic E-state index is 11.9. The zero-order valence-corrected chi connectivity index (χ0v) is 12.0. The number of rotatable bonds is 7. The summed E-state index contributed by atoms with van der Waals surface area (Å²) in [5.74, 6) is -0.406. The number of aliphatic hydroxyl groups is 1. The summed E-state index contributed by atoms with van der Waals surface area (Å²) in [4.78, 5) is 11.9. The van der Waals surface area contributed by atoms with Gasteiger partial charge in [0, 0.05) is 12.1 Å². The molecule has 0 amide bonds. The first kappa shape index (κ1) is 15.0. The molecule has 2 N–H and O–H groups in total. The molecular weight excluding hydrogens is 254 g/mol. The molecule has 2 rings (SSSR count). The maximum Gasteiger partial charge on any atom is 0.310 e. The van der Waals surface area contributed by atoms with Crippen molar-refractivity contribution in [3.8, 4) is 0 Å². The number of carbonyl (C=O) groups excluding carboxylic acids is 1. The Labute approximate surface area is 120 Å². The second-order valence-electron chi connectivity index (χ2n) is 5.67. The van der Waals surface area contributed by atoms with E-state index >= 15 is 0 Å². The molecule has 1 aliphatic rings. The molecule has 1 fully saturated rings. The van der Waals surface area contributed by atoms with Crippen LogP contribution in [0, 0.1) is 5.92 Å². The first-order valence-electron chi connectivity index (χ1n) is 7.22. The van der Waals surface area contributed by atoms with Gasteiger partial charge in [-0.1, -0.05) is 37.3 Å². The molecule has 0 aliphatic heterocycles. The molecule has 0 aromatic heterocycles. The molecule has 110 valence electrons. The predicted molar refractivity (Wildman–Crippen MR) is 77.1 cm³/mol. The molecule has 1 aromatic rings. The van der Waals surface area contributed by atoms with Crippen LogP contribution in [0.15, 0.2) is 30.3 Å². The van der Waals surface area contributed by atoms with E-state index in [9.17, 15) is 9.90 Å². The average molecular weight is 277 g/mol. The standard InChI is InChI=1S/C16H23NO3/c1-13(10-17-16(12-18)8-5-9-16)15(19)20-11-14-6-3-2-4-7-14/h2-4,6-7,13,17-18H,5,8-12H2,1H3. The van der Waals surface area contributed by atoms with Crippen LogP contribution in [-0.2, 0) is 16.1 Å². The van der Waals surface area contributed by atoms with Crippen LogP contribution in [-0.4, -0.2) is 29.8 Å². The Kier molecular flexibility index (Phi) is 5.15. The van der Waals surface area contributed by atoms with E-state index in [1.165, 1.54) is 0 Å². The number of esters is 1. The highest BCUT2D eigenvalue weighted by Crippen LogP contribution is 2.31. The van der Waals surface area contributed by atoms with Gasteiger partial charge in [-0.05, 0) is 24.8 Å². The van der Waals surface area contributed by atoms with Crippen molar-refractivity contribution in [1.82, 2.24) is 5.32 Å². The van der Waals surface area contributed by atoms with Gasteiger partial charge < -0.3 is 15.2 Å². The Balaban J connectivity index is 1.72. The van der Waals surface area contributed by atoms with Gasteiger partial charge >= 0.3 is 5.97 Å². The zero-order valence-electron chi connectivity index (χ0n) is 12.0. The van der Waals surface area contributed by atoms with Gasteiger partial charge in [0.2, 0.25) is 0 Å². The third-order valence-electron chi connectivity index (χ3n) is 4.02. The van der Waals surface area contributed by atoms with E-state index in [-0.39, 0.29) is 24.0 Å². The lowest BCUT2D eigenvalue weighted by Crippen LogP contribution is -2.55. The minimum Gasteiger partial charge on any atom is -0.461 e. The van der Waals surface area contributed by atoms with Crippen molar-refractivity contribution in [2.24, 2.45) is 5.92 Å². The van der Waals surface area contributed by atoms with Crippen LogP contribution >= 0.6 is 0 Å². The minimum absolute atomic E-state index is 0.138. The van der Waals surface area contributed by atoms with Crippen molar-refractivity contribution in [1.29, 1.82) is 0 Å². The molecule has 1 aromatic carbocycles. The molecule has 1 saturated carbocycles. The van der Waals surface area contributed by atoms with E-state index in [2.05, 4.69) is 5.32 Å². The topological polar surface area (TPSA) is 58.6 Å². The van der Waals surface area contributed by atoms with Crippen molar-refractivity contribution in [3.05, 3.63) is 35.9 Å². The second kappa shape index (κ2) is 6.86. The second-order valence-corrected chi connectivity index (χ2v) is 5.67. The lowest BCUT2D eigenvalue weighted by atomic mass is 9.77. The van der Waals surface area contributed by atoms with Gasteiger partial charge in [-0.25, -0.2) is 0 Å².